The van der Waals surface area contributed by atoms with E-state index in [1.54, 1.807) is 0 Å². The van der Waals surface area contributed by atoms with E-state index in [0.29, 0.717) is 0 Å². The number of cyclic esters (lactones) is 1. The lowest BCUT2D eigenvalue weighted by Crippen LogP contribution is -2.45. The molecule has 0 N–H and O–H groups in total. The van der Waals surface area contributed by atoms with Gasteiger partial charge in [-0.1, -0.05) is 23.2 Å². The molecule has 2 aliphatic heterocycles. The van der Waals surface area contributed by atoms with Crippen LogP contribution in [0.5, 0.6) is 0 Å². The zero-order valence-corrected chi connectivity index (χ0v) is 13.9. The lowest BCUT2D eigenvalue weighted by atomic mass is 10.1. The van der Waals surface area contributed by atoms with Crippen LogP contribution in [0, 0.1) is 0 Å². The molecule has 2 atom stereocenters. The van der Waals surface area contributed by atoms with Crippen molar-refractivity contribution in [2.24, 2.45) is 0 Å². The third-order valence-electron chi connectivity index (χ3n) is 3.83. The molecule has 0 aromatic heterocycles. The van der Waals surface area contributed by atoms with Crippen LogP contribution in [0.1, 0.15) is 34.1 Å². The molecule has 3 rings (SSSR count). The van der Waals surface area contributed by atoms with Crippen LogP contribution in [0.15, 0.2) is 12.1 Å². The Balaban J connectivity index is 1.82. The van der Waals surface area contributed by atoms with Crippen molar-refractivity contribution in [2.75, 3.05) is 6.61 Å². The number of nitrogens with zero attached hydrogens (tertiary/aromatic N) is 1. The normalized spacial score (nSPS) is 20.9. The molecule has 2 heterocycles. The molecule has 0 saturated carbocycles. The highest BCUT2D eigenvalue weighted by Crippen LogP contribution is 2.32. The number of halogens is 2. The van der Waals surface area contributed by atoms with E-state index in [-0.39, 0.29) is 34.2 Å². The first-order valence-corrected chi connectivity index (χ1v) is 7.81. The average Bonchev–Trinajstić information content (AvgIpc) is 3.03. The van der Waals surface area contributed by atoms with Crippen LogP contribution in [-0.4, -0.2) is 47.4 Å². The summed E-state index contributed by atoms with van der Waals surface area (Å²) in [5.74, 6) is -2.86. The van der Waals surface area contributed by atoms with E-state index in [1.807, 2.05) is 0 Å². The number of carbonyl (C=O) groups is 4. The van der Waals surface area contributed by atoms with Crippen LogP contribution in [0.3, 0.4) is 0 Å². The van der Waals surface area contributed by atoms with E-state index in [2.05, 4.69) is 0 Å². The fraction of sp³-hybridized carbons (Fsp3) is 0.333. The topological polar surface area (TPSA) is 90.0 Å². The Bertz CT molecular complexity index is 736. The van der Waals surface area contributed by atoms with Gasteiger partial charge in [-0.15, -0.1) is 0 Å². The number of esters is 2. The minimum atomic E-state index is -1.21. The molecule has 0 aliphatic carbocycles. The fourth-order valence-corrected chi connectivity index (χ4v) is 2.86. The monoisotopic (exact) mass is 371 g/mol. The molecule has 24 heavy (non-hydrogen) atoms. The molecule has 0 spiro atoms. The van der Waals surface area contributed by atoms with Gasteiger partial charge in [0.2, 0.25) is 6.10 Å². The minimum Gasteiger partial charge on any atom is -0.463 e. The van der Waals surface area contributed by atoms with Crippen molar-refractivity contribution in [3.8, 4) is 0 Å². The van der Waals surface area contributed by atoms with Gasteiger partial charge in [-0.25, -0.2) is 9.59 Å². The van der Waals surface area contributed by atoms with Gasteiger partial charge in [0.25, 0.3) is 11.8 Å². The van der Waals surface area contributed by atoms with E-state index in [9.17, 15) is 19.2 Å². The Morgan fingerprint density at radius 1 is 1.21 bits per heavy atom. The summed E-state index contributed by atoms with van der Waals surface area (Å²) in [4.78, 5) is 49.1. The molecule has 7 nitrogen and oxygen atoms in total. The van der Waals surface area contributed by atoms with Gasteiger partial charge in [-0.2, -0.15) is 0 Å². The second-order valence-corrected chi connectivity index (χ2v) is 6.16. The van der Waals surface area contributed by atoms with Gasteiger partial charge >= 0.3 is 11.9 Å². The second-order valence-electron chi connectivity index (χ2n) is 5.35. The summed E-state index contributed by atoms with van der Waals surface area (Å²) in [5, 5.41) is 0.254. The molecule has 0 bridgehead atoms. The molecule has 9 heteroatoms. The van der Waals surface area contributed by atoms with Gasteiger partial charge in [-0.3, -0.25) is 14.5 Å². The van der Waals surface area contributed by atoms with Crippen LogP contribution in [0.25, 0.3) is 0 Å². The number of imide groups is 1. The first-order valence-electron chi connectivity index (χ1n) is 7.05. The zero-order valence-electron chi connectivity index (χ0n) is 12.4. The minimum absolute atomic E-state index is 0.0642. The Morgan fingerprint density at radius 2 is 1.75 bits per heavy atom. The maximum atomic E-state index is 12.4. The summed E-state index contributed by atoms with van der Waals surface area (Å²) in [6.45, 7) is 1.50. The zero-order chi connectivity index (χ0) is 17.6. The Hall–Kier alpha value is -2.12. The average molecular weight is 372 g/mol. The summed E-state index contributed by atoms with van der Waals surface area (Å²) in [6.07, 6.45) is -0.774. The van der Waals surface area contributed by atoms with Crippen LogP contribution < -0.4 is 0 Å². The van der Waals surface area contributed by atoms with Crippen LogP contribution in [0.2, 0.25) is 10.0 Å². The molecule has 1 aromatic rings. The van der Waals surface area contributed by atoms with Crippen molar-refractivity contribution in [1.29, 1.82) is 0 Å². The lowest BCUT2D eigenvalue weighted by molar-refractivity contribution is -0.162. The van der Waals surface area contributed by atoms with E-state index < -0.39 is 35.9 Å². The van der Waals surface area contributed by atoms with Gasteiger partial charge in [-0.05, 0) is 19.1 Å². The van der Waals surface area contributed by atoms with Crippen LogP contribution >= 0.6 is 23.2 Å². The number of benzene rings is 1. The molecule has 2 amide bonds. The van der Waals surface area contributed by atoms with Gasteiger partial charge in [0.1, 0.15) is 6.04 Å². The predicted octanol–water partition coefficient (Wildman–Crippen LogP) is 1.84. The summed E-state index contributed by atoms with van der Waals surface area (Å²) in [6, 6.07) is 1.36. The first kappa shape index (κ1) is 16.7. The van der Waals surface area contributed by atoms with Crippen molar-refractivity contribution < 1.29 is 28.7 Å². The number of hydrogen-bond donors (Lipinski definition) is 0. The largest absolute Gasteiger partial charge is 0.463 e. The number of rotatable bonds is 3. The highest BCUT2D eigenvalue weighted by atomic mass is 35.5. The third-order valence-corrected chi connectivity index (χ3v) is 4.56. The van der Waals surface area contributed by atoms with Gasteiger partial charge in [0.05, 0.1) is 27.8 Å². The van der Waals surface area contributed by atoms with Crippen molar-refractivity contribution in [1.82, 2.24) is 4.90 Å². The maximum Gasteiger partial charge on any atom is 0.347 e. The maximum absolute atomic E-state index is 12.4. The second kappa shape index (κ2) is 6.07. The number of ether oxygens (including phenoxy) is 2. The summed E-state index contributed by atoms with van der Waals surface area (Å²) < 4.78 is 9.73. The van der Waals surface area contributed by atoms with E-state index in [4.69, 9.17) is 32.7 Å². The van der Waals surface area contributed by atoms with Gasteiger partial charge < -0.3 is 9.47 Å². The predicted molar refractivity (Wildman–Crippen MR) is 81.9 cm³/mol. The smallest absolute Gasteiger partial charge is 0.347 e. The molecule has 1 aromatic carbocycles. The van der Waals surface area contributed by atoms with E-state index in [0.717, 1.165) is 4.90 Å². The molecule has 2 aliphatic rings. The fourth-order valence-electron chi connectivity index (χ4n) is 2.53. The van der Waals surface area contributed by atoms with Crippen molar-refractivity contribution in [3.63, 3.8) is 0 Å². The van der Waals surface area contributed by atoms with Gasteiger partial charge in [0, 0.05) is 6.42 Å². The third kappa shape index (κ3) is 2.63. The molecule has 0 radical (unpaired) electrons. The molecule has 1 fully saturated rings. The Kier molecular flexibility index (Phi) is 4.23. The molecule has 1 saturated heterocycles. The Morgan fingerprint density at radius 3 is 2.21 bits per heavy atom. The molecule has 126 valence electrons. The standard InChI is InChI=1S/C15H11Cl2NO6/c1-6(14(21)24-11-2-3-23-15(11)22)18-12(19)7-4-9(16)10(17)5-8(7)13(18)20/h4-6,11H,2-3H2,1H3/t6-,11+/m0/s1. The Labute approximate surface area is 146 Å². The highest BCUT2D eigenvalue weighted by molar-refractivity contribution is 6.43. The first-order chi connectivity index (χ1) is 11.3. The number of carbonyl (C=O) groups excluding carboxylic acids is 4. The number of fused-ring (bicyclic) bond motifs is 1. The van der Waals surface area contributed by atoms with E-state index >= 15 is 0 Å². The number of hydrogen-bond acceptors (Lipinski definition) is 6. The summed E-state index contributed by atoms with van der Waals surface area (Å²) >= 11 is 11.7. The van der Waals surface area contributed by atoms with Crippen molar-refractivity contribution >= 4 is 47.0 Å². The highest BCUT2D eigenvalue weighted by Gasteiger charge is 2.43. The SMILES string of the molecule is C[C@@H](C(=O)O[C@@H]1CCOC1=O)N1C(=O)c2cc(Cl)c(Cl)cc2C1=O. The number of amides is 2. The summed E-state index contributed by atoms with van der Waals surface area (Å²) in [5.41, 5.74) is 0.128. The van der Waals surface area contributed by atoms with Gasteiger partial charge in [0.15, 0.2) is 0 Å². The van der Waals surface area contributed by atoms with E-state index in [1.165, 1.54) is 19.1 Å². The van der Waals surface area contributed by atoms with Crippen molar-refractivity contribution in [3.05, 3.63) is 33.3 Å². The quantitative estimate of drug-likeness (QED) is 0.594. The molecular weight excluding hydrogens is 361 g/mol. The van der Waals surface area contributed by atoms with Crippen LogP contribution in [0.4, 0.5) is 0 Å². The lowest BCUT2D eigenvalue weighted by Gasteiger charge is -2.21. The molecular formula is C15H11Cl2NO6. The van der Waals surface area contributed by atoms with Crippen LogP contribution in [-0.2, 0) is 19.1 Å². The van der Waals surface area contributed by atoms with Crippen molar-refractivity contribution in [2.45, 2.75) is 25.5 Å². The molecule has 0 unspecified atom stereocenters. The summed E-state index contributed by atoms with van der Waals surface area (Å²) in [7, 11) is 0.